The number of hydrogen-bond acceptors (Lipinski definition) is 4. The molecule has 0 fully saturated rings. The number of rotatable bonds is 6. The first-order valence-corrected chi connectivity index (χ1v) is 8.08. The van der Waals surface area contributed by atoms with E-state index in [0.29, 0.717) is 17.9 Å². The number of carbonyl (C=O) groups excluding carboxylic acids is 1. The number of anilines is 1. The van der Waals surface area contributed by atoms with Crippen molar-refractivity contribution >= 4 is 11.7 Å². The zero-order valence-electron chi connectivity index (χ0n) is 14.6. The molecule has 0 radical (unpaired) electrons. The molecular formula is C17H25N5O2. The lowest BCUT2D eigenvalue weighted by Crippen LogP contribution is -2.48. The third kappa shape index (κ3) is 4.11. The van der Waals surface area contributed by atoms with E-state index in [1.807, 2.05) is 52.0 Å². The molecule has 1 heterocycles. The van der Waals surface area contributed by atoms with Gasteiger partial charge < -0.3 is 15.7 Å². The highest BCUT2D eigenvalue weighted by molar-refractivity contribution is 5.92. The molecule has 0 saturated carbocycles. The number of amides is 2. The van der Waals surface area contributed by atoms with E-state index in [0.717, 1.165) is 17.9 Å². The number of nitrogens with zero attached hydrogens (tertiary/aromatic N) is 3. The van der Waals surface area contributed by atoms with Crippen LogP contribution in [0.15, 0.2) is 24.3 Å². The van der Waals surface area contributed by atoms with Gasteiger partial charge in [-0.05, 0) is 45.7 Å². The van der Waals surface area contributed by atoms with Crippen LogP contribution in [0, 0.1) is 13.8 Å². The first kappa shape index (κ1) is 17.9. The maximum absolute atomic E-state index is 12.4. The van der Waals surface area contributed by atoms with E-state index < -0.39 is 5.54 Å². The van der Waals surface area contributed by atoms with Gasteiger partial charge in [0.2, 0.25) is 0 Å². The third-order valence-corrected chi connectivity index (χ3v) is 4.11. The molecule has 0 aliphatic rings. The Morgan fingerprint density at radius 3 is 2.62 bits per heavy atom. The third-order valence-electron chi connectivity index (χ3n) is 4.11. The van der Waals surface area contributed by atoms with Gasteiger partial charge in [0.1, 0.15) is 11.6 Å². The second kappa shape index (κ2) is 7.44. The Labute approximate surface area is 142 Å². The van der Waals surface area contributed by atoms with E-state index in [1.54, 1.807) is 4.68 Å². The van der Waals surface area contributed by atoms with Crippen LogP contribution >= 0.6 is 0 Å². The van der Waals surface area contributed by atoms with Crippen molar-refractivity contribution in [2.75, 3.05) is 11.9 Å². The summed E-state index contributed by atoms with van der Waals surface area (Å²) in [6.07, 6.45) is 1.23. The summed E-state index contributed by atoms with van der Waals surface area (Å²) in [4.78, 5) is 16.7. The normalized spacial score (nSPS) is 13.4. The van der Waals surface area contributed by atoms with Crippen molar-refractivity contribution < 1.29 is 9.90 Å². The van der Waals surface area contributed by atoms with Gasteiger partial charge in [-0.1, -0.05) is 19.1 Å². The minimum atomic E-state index is -0.451. The second-order valence-electron chi connectivity index (χ2n) is 6.10. The molecule has 0 unspecified atom stereocenters. The standard InChI is InChI=1S/C17H25N5O2/c1-5-17(4,10-11-23)20-16(24)19-14-8-6-7-9-15(14)22-13(3)18-12(2)21-22/h6-9,23H,5,10-11H2,1-4H3,(H2,19,20,24)/t17-/m1/s1. The predicted octanol–water partition coefficient (Wildman–Crippen LogP) is 2.56. The minimum Gasteiger partial charge on any atom is -0.396 e. The Hall–Kier alpha value is -2.41. The van der Waals surface area contributed by atoms with Gasteiger partial charge in [-0.2, -0.15) is 5.10 Å². The molecule has 7 heteroatoms. The second-order valence-corrected chi connectivity index (χ2v) is 6.10. The van der Waals surface area contributed by atoms with Crippen LogP contribution in [-0.2, 0) is 0 Å². The van der Waals surface area contributed by atoms with Crippen molar-refractivity contribution in [1.82, 2.24) is 20.1 Å². The molecule has 2 amide bonds. The topological polar surface area (TPSA) is 92.1 Å². The number of urea groups is 1. The largest absolute Gasteiger partial charge is 0.396 e. The van der Waals surface area contributed by atoms with E-state index in [4.69, 9.17) is 0 Å². The quantitative estimate of drug-likeness (QED) is 0.758. The average molecular weight is 331 g/mol. The summed E-state index contributed by atoms with van der Waals surface area (Å²) in [6.45, 7) is 7.61. The molecule has 0 spiro atoms. The number of para-hydroxylation sites is 2. The van der Waals surface area contributed by atoms with Gasteiger partial charge >= 0.3 is 6.03 Å². The van der Waals surface area contributed by atoms with Crippen molar-refractivity contribution in [2.45, 2.75) is 46.1 Å². The van der Waals surface area contributed by atoms with Crippen molar-refractivity contribution in [3.63, 3.8) is 0 Å². The molecule has 0 bridgehead atoms. The monoisotopic (exact) mass is 331 g/mol. The minimum absolute atomic E-state index is 0.0264. The number of hydrogen-bond donors (Lipinski definition) is 3. The van der Waals surface area contributed by atoms with Crippen LogP contribution < -0.4 is 10.6 Å². The molecule has 2 rings (SSSR count). The van der Waals surface area contributed by atoms with Gasteiger partial charge in [-0.25, -0.2) is 14.5 Å². The van der Waals surface area contributed by atoms with Crippen molar-refractivity contribution in [2.24, 2.45) is 0 Å². The Morgan fingerprint density at radius 1 is 1.33 bits per heavy atom. The Bertz CT molecular complexity index is 713. The first-order valence-electron chi connectivity index (χ1n) is 8.08. The van der Waals surface area contributed by atoms with Crippen molar-refractivity contribution in [3.8, 4) is 5.69 Å². The SMILES string of the molecule is CC[C@](C)(CCO)NC(=O)Nc1ccccc1-n1nc(C)nc1C. The van der Waals surface area contributed by atoms with Crippen LogP contribution in [-0.4, -0.2) is 38.0 Å². The van der Waals surface area contributed by atoms with Crippen LogP contribution in [0.3, 0.4) is 0 Å². The molecule has 3 N–H and O–H groups in total. The fourth-order valence-corrected chi connectivity index (χ4v) is 2.52. The summed E-state index contributed by atoms with van der Waals surface area (Å²) >= 11 is 0. The van der Waals surface area contributed by atoms with Gasteiger partial charge in [0.05, 0.1) is 11.4 Å². The van der Waals surface area contributed by atoms with Crippen LogP contribution in [0.25, 0.3) is 5.69 Å². The lowest BCUT2D eigenvalue weighted by atomic mass is 9.95. The number of aliphatic hydroxyl groups excluding tert-OH is 1. The van der Waals surface area contributed by atoms with E-state index >= 15 is 0 Å². The lowest BCUT2D eigenvalue weighted by Gasteiger charge is -2.29. The van der Waals surface area contributed by atoms with E-state index in [1.165, 1.54) is 0 Å². The molecule has 0 saturated heterocycles. The number of aryl methyl sites for hydroxylation is 2. The zero-order valence-corrected chi connectivity index (χ0v) is 14.6. The molecular weight excluding hydrogens is 306 g/mol. The fourth-order valence-electron chi connectivity index (χ4n) is 2.52. The number of benzene rings is 1. The highest BCUT2D eigenvalue weighted by atomic mass is 16.3. The van der Waals surface area contributed by atoms with Crippen molar-refractivity contribution in [1.29, 1.82) is 0 Å². The van der Waals surface area contributed by atoms with E-state index in [2.05, 4.69) is 20.7 Å². The average Bonchev–Trinajstić information content (AvgIpc) is 2.86. The number of aliphatic hydroxyl groups is 1. The van der Waals surface area contributed by atoms with Gasteiger partial charge in [-0.3, -0.25) is 0 Å². The highest BCUT2D eigenvalue weighted by Gasteiger charge is 2.24. The molecule has 1 aromatic heterocycles. The lowest BCUT2D eigenvalue weighted by molar-refractivity contribution is 0.208. The number of nitrogens with one attached hydrogen (secondary N) is 2. The maximum atomic E-state index is 12.4. The van der Waals surface area contributed by atoms with Crippen molar-refractivity contribution in [3.05, 3.63) is 35.9 Å². The number of carbonyl (C=O) groups is 1. The van der Waals surface area contributed by atoms with Gasteiger partial charge in [0.15, 0.2) is 0 Å². The summed E-state index contributed by atoms with van der Waals surface area (Å²) in [6, 6.07) is 7.13. The summed E-state index contributed by atoms with van der Waals surface area (Å²) in [7, 11) is 0. The highest BCUT2D eigenvalue weighted by Crippen LogP contribution is 2.21. The molecule has 130 valence electrons. The van der Waals surface area contributed by atoms with Crippen LogP contribution in [0.5, 0.6) is 0 Å². The van der Waals surface area contributed by atoms with Crippen LogP contribution in [0.2, 0.25) is 0 Å². The number of aromatic nitrogens is 3. The van der Waals surface area contributed by atoms with Gasteiger partial charge in [0, 0.05) is 12.1 Å². The van der Waals surface area contributed by atoms with Crippen LogP contribution in [0.1, 0.15) is 38.3 Å². The molecule has 2 aromatic rings. The van der Waals surface area contributed by atoms with Gasteiger partial charge in [-0.15, -0.1) is 0 Å². The summed E-state index contributed by atoms with van der Waals surface area (Å²) < 4.78 is 1.71. The molecule has 0 aliphatic heterocycles. The van der Waals surface area contributed by atoms with E-state index in [9.17, 15) is 9.90 Å². The Morgan fingerprint density at radius 2 is 2.04 bits per heavy atom. The predicted molar refractivity (Wildman–Crippen MR) is 93.4 cm³/mol. The fraction of sp³-hybridized carbons (Fsp3) is 0.471. The Kier molecular flexibility index (Phi) is 5.56. The summed E-state index contributed by atoms with van der Waals surface area (Å²) in [5, 5.41) is 19.3. The first-order chi connectivity index (χ1) is 11.4. The molecule has 1 atom stereocenters. The zero-order chi connectivity index (χ0) is 17.7. The molecule has 24 heavy (non-hydrogen) atoms. The smallest absolute Gasteiger partial charge is 0.319 e. The van der Waals surface area contributed by atoms with Crippen LogP contribution in [0.4, 0.5) is 10.5 Å². The molecule has 0 aliphatic carbocycles. The van der Waals surface area contributed by atoms with Gasteiger partial charge in [0.25, 0.3) is 0 Å². The van der Waals surface area contributed by atoms with E-state index in [-0.39, 0.29) is 12.6 Å². The molecule has 7 nitrogen and oxygen atoms in total. The summed E-state index contributed by atoms with van der Waals surface area (Å²) in [5.41, 5.74) is 0.949. The molecule has 1 aromatic carbocycles. The maximum Gasteiger partial charge on any atom is 0.319 e. The Balaban J connectivity index is 2.22. The summed E-state index contributed by atoms with van der Waals surface area (Å²) in [5.74, 6) is 1.43.